The van der Waals surface area contributed by atoms with Gasteiger partial charge in [-0.25, -0.2) is 4.79 Å². The van der Waals surface area contributed by atoms with Crippen molar-refractivity contribution in [2.24, 2.45) is 46.8 Å². The summed E-state index contributed by atoms with van der Waals surface area (Å²) in [5, 5.41) is 43.0. The lowest BCUT2D eigenvalue weighted by Crippen LogP contribution is -2.61. The van der Waals surface area contributed by atoms with Crippen LogP contribution < -0.4 is 0 Å². The molecule has 3 unspecified atom stereocenters. The number of cyclic esters (lactones) is 1. The van der Waals surface area contributed by atoms with E-state index in [0.717, 1.165) is 5.57 Å². The van der Waals surface area contributed by atoms with Gasteiger partial charge in [-0.15, -0.1) is 0 Å². The Bertz CT molecular complexity index is 1990. The van der Waals surface area contributed by atoms with Crippen LogP contribution in [0.1, 0.15) is 139 Å². The number of piperidine rings is 1. The molecular formula is C56H87NO15. The Morgan fingerprint density at radius 2 is 1.58 bits per heavy atom. The Labute approximate surface area is 428 Å². The standard InChI is InChI=1S/C56H87NO15/c1-33-17-13-12-14-18-34(2)46(68-10)29-42-22-20-40(8)56(67,72-42)51(63)52(64)57-24-16-15-19-43(57)53(65)70-47(30-44(60)35(3)26-39(7)49(62)50(69-11)48(61)38(6)25-33)37(5)28-41-21-23-45(36(4)27-41)71-54(66)55(9,31-58)32-59/h12-14,17-18,26,33,35-38,40-43,45-47,49-50,58-59,62,67H,15-16,19-25,27-32H2,1-11H3/b14-12+,17-13+,34-18+,39-26+/t33-,35-,36?,37-,38-,40-,41?,42+,43+,45?,46+,47+,49-,50+,56-/m1/s1. The van der Waals surface area contributed by atoms with Gasteiger partial charge in [-0.05, 0) is 120 Å². The second kappa shape index (κ2) is 27.6. The molecule has 16 heteroatoms. The molecule has 2 bridgehead atoms. The number of carbonyl (C=O) groups excluding carboxylic acids is 6. The predicted molar refractivity (Wildman–Crippen MR) is 270 cm³/mol. The highest BCUT2D eigenvalue weighted by atomic mass is 16.6. The zero-order valence-corrected chi connectivity index (χ0v) is 44.9. The Morgan fingerprint density at radius 3 is 2.22 bits per heavy atom. The minimum Gasteiger partial charge on any atom is -0.462 e. The fourth-order valence-corrected chi connectivity index (χ4v) is 10.8. The van der Waals surface area contributed by atoms with Gasteiger partial charge < -0.3 is 49.0 Å². The van der Waals surface area contributed by atoms with Crippen molar-refractivity contribution in [1.82, 2.24) is 4.90 Å². The van der Waals surface area contributed by atoms with Gasteiger partial charge in [0.25, 0.3) is 11.7 Å². The minimum absolute atomic E-state index is 0.000491. The molecule has 1 saturated carbocycles. The SMILES string of the molecule is CO[C@H]1C[C@@H]2CC[C@@H](C)[C@@](O)(O2)C(=O)C(=O)N2CCCC[C@H]2C(=O)O[C@H]([C@H](C)CC2CCC(OC(=O)C(C)(CO)CO)C(C)C2)CC(=O)[C@H](C)/C=C(\C)[C@@H](O)[C@@H](OC)C(=O)[C@H](C)C[C@H](C)/C=C/C=C/C=C/1C. The summed E-state index contributed by atoms with van der Waals surface area (Å²) < 4.78 is 29.7. The lowest BCUT2D eigenvalue weighted by atomic mass is 9.75. The van der Waals surface area contributed by atoms with Crippen LogP contribution in [-0.4, -0.2) is 143 Å². The van der Waals surface area contributed by atoms with Crippen LogP contribution in [-0.2, 0) is 52.5 Å². The zero-order chi connectivity index (χ0) is 53.7. The van der Waals surface area contributed by atoms with E-state index in [-0.39, 0.29) is 48.7 Å². The summed E-state index contributed by atoms with van der Waals surface area (Å²) in [6.07, 6.45) is 11.2. The van der Waals surface area contributed by atoms with Gasteiger partial charge in [0, 0.05) is 51.4 Å². The molecule has 0 aromatic carbocycles. The molecule has 4 rings (SSSR count). The van der Waals surface area contributed by atoms with Crippen molar-refractivity contribution in [3.8, 4) is 0 Å². The molecule has 4 N–H and O–H groups in total. The molecule has 1 amide bonds. The highest BCUT2D eigenvalue weighted by Gasteiger charge is 2.53. The van der Waals surface area contributed by atoms with Crippen molar-refractivity contribution < 1.29 is 72.9 Å². The van der Waals surface area contributed by atoms with Crippen molar-refractivity contribution in [3.63, 3.8) is 0 Å². The van der Waals surface area contributed by atoms with Crippen LogP contribution in [0.25, 0.3) is 0 Å². The maximum absolute atomic E-state index is 14.5. The van der Waals surface area contributed by atoms with Crippen LogP contribution in [0.2, 0.25) is 0 Å². The number of Topliss-reactive ketones (excluding diaryl/α,β-unsaturated/α-hetero) is 3. The van der Waals surface area contributed by atoms with Crippen molar-refractivity contribution in [2.75, 3.05) is 34.0 Å². The van der Waals surface area contributed by atoms with Gasteiger partial charge in [-0.1, -0.05) is 78.0 Å². The molecule has 72 heavy (non-hydrogen) atoms. The number of hydrogen-bond donors (Lipinski definition) is 4. The number of aliphatic hydroxyl groups is 4. The van der Waals surface area contributed by atoms with Crippen molar-refractivity contribution in [1.29, 1.82) is 0 Å². The number of rotatable bonds is 9. The lowest BCUT2D eigenvalue weighted by molar-refractivity contribution is -0.265. The van der Waals surface area contributed by atoms with E-state index in [4.69, 9.17) is 23.7 Å². The van der Waals surface area contributed by atoms with Crippen molar-refractivity contribution >= 4 is 35.2 Å². The quantitative estimate of drug-likeness (QED) is 0.112. The van der Waals surface area contributed by atoms with Crippen LogP contribution in [0.5, 0.6) is 0 Å². The van der Waals surface area contributed by atoms with E-state index < -0.39 is 114 Å². The highest BCUT2D eigenvalue weighted by molar-refractivity contribution is 6.39. The van der Waals surface area contributed by atoms with Gasteiger partial charge in [0.1, 0.15) is 41.7 Å². The van der Waals surface area contributed by atoms with Crippen LogP contribution in [0.4, 0.5) is 0 Å². The Balaban J connectivity index is 1.68. The van der Waals surface area contributed by atoms with Crippen molar-refractivity contribution in [3.05, 3.63) is 47.6 Å². The Morgan fingerprint density at radius 1 is 0.889 bits per heavy atom. The molecule has 3 heterocycles. The summed E-state index contributed by atoms with van der Waals surface area (Å²) in [4.78, 5) is 85.3. The van der Waals surface area contributed by atoms with E-state index in [1.165, 1.54) is 18.9 Å². The average molecular weight is 1010 g/mol. The van der Waals surface area contributed by atoms with Gasteiger partial charge in [0.05, 0.1) is 25.4 Å². The molecule has 1 aliphatic carbocycles. The zero-order valence-electron chi connectivity index (χ0n) is 44.9. The van der Waals surface area contributed by atoms with E-state index >= 15 is 0 Å². The summed E-state index contributed by atoms with van der Waals surface area (Å²) in [6.45, 7) is 14.9. The molecule has 0 aromatic heterocycles. The number of ketones is 3. The summed E-state index contributed by atoms with van der Waals surface area (Å²) in [7, 11) is 2.93. The number of aliphatic hydroxyl groups excluding tert-OH is 3. The first-order valence-electron chi connectivity index (χ1n) is 26.3. The number of carbonyl (C=O) groups is 6. The number of amides is 1. The number of hydrogen-bond acceptors (Lipinski definition) is 15. The summed E-state index contributed by atoms with van der Waals surface area (Å²) >= 11 is 0. The first-order valence-corrected chi connectivity index (χ1v) is 26.3. The number of fused-ring (bicyclic) bond motifs is 3. The molecule has 15 atom stereocenters. The number of ether oxygens (including phenoxy) is 5. The molecule has 406 valence electrons. The van der Waals surface area contributed by atoms with Crippen LogP contribution >= 0.6 is 0 Å². The smallest absolute Gasteiger partial charge is 0.329 e. The van der Waals surface area contributed by atoms with Gasteiger partial charge in [-0.3, -0.25) is 24.0 Å². The fourth-order valence-electron chi connectivity index (χ4n) is 10.8. The second-order valence-electron chi connectivity index (χ2n) is 22.0. The third kappa shape index (κ3) is 15.6. The predicted octanol–water partition coefficient (Wildman–Crippen LogP) is 6.34. The van der Waals surface area contributed by atoms with Gasteiger partial charge in [-0.2, -0.15) is 0 Å². The summed E-state index contributed by atoms with van der Waals surface area (Å²) in [6, 6.07) is -1.18. The molecule has 16 nitrogen and oxygen atoms in total. The fraction of sp³-hybridized carbons (Fsp3) is 0.750. The van der Waals surface area contributed by atoms with E-state index in [9.17, 15) is 49.2 Å². The minimum atomic E-state index is -2.46. The maximum atomic E-state index is 14.5. The van der Waals surface area contributed by atoms with E-state index in [1.54, 1.807) is 40.9 Å². The van der Waals surface area contributed by atoms with Crippen LogP contribution in [0.3, 0.4) is 0 Å². The maximum Gasteiger partial charge on any atom is 0.329 e. The molecule has 0 radical (unpaired) electrons. The normalized spacial score (nSPS) is 37.8. The topological polar surface area (TPSA) is 233 Å². The van der Waals surface area contributed by atoms with E-state index in [0.29, 0.717) is 69.8 Å². The largest absolute Gasteiger partial charge is 0.462 e. The molecule has 0 aromatic rings. The molecule has 2 saturated heterocycles. The first-order chi connectivity index (χ1) is 33.9. The van der Waals surface area contributed by atoms with E-state index in [1.807, 2.05) is 58.1 Å². The number of methoxy groups -OCH3 is 2. The second-order valence-corrected chi connectivity index (χ2v) is 22.0. The average Bonchev–Trinajstić information content (AvgIpc) is 3.35. The first kappa shape index (κ1) is 60.7. The van der Waals surface area contributed by atoms with Gasteiger partial charge in [0.15, 0.2) is 5.78 Å². The van der Waals surface area contributed by atoms with Crippen LogP contribution in [0, 0.1) is 46.8 Å². The highest BCUT2D eigenvalue weighted by Crippen LogP contribution is 2.39. The van der Waals surface area contributed by atoms with E-state index in [2.05, 4.69) is 0 Å². The summed E-state index contributed by atoms with van der Waals surface area (Å²) in [5.41, 5.74) is -0.203. The number of nitrogens with zero attached hydrogens (tertiary/aromatic N) is 1. The van der Waals surface area contributed by atoms with Crippen molar-refractivity contribution in [2.45, 2.75) is 188 Å². The molecule has 3 aliphatic heterocycles. The number of esters is 2. The third-order valence-electron chi connectivity index (χ3n) is 16.0. The molecular weight excluding hydrogens is 927 g/mol. The Hall–Kier alpha value is -3.90. The molecule has 0 spiro atoms. The third-order valence-corrected chi connectivity index (χ3v) is 16.0. The molecule has 3 fully saturated rings. The number of allylic oxidation sites excluding steroid dienone is 6. The monoisotopic (exact) mass is 1010 g/mol. The van der Waals surface area contributed by atoms with Crippen LogP contribution in [0.15, 0.2) is 47.6 Å². The lowest BCUT2D eigenvalue weighted by Gasteiger charge is -2.42. The van der Waals surface area contributed by atoms with Gasteiger partial charge >= 0.3 is 11.9 Å². The molecule has 4 aliphatic rings. The van der Waals surface area contributed by atoms with Gasteiger partial charge in [0.2, 0.25) is 5.79 Å². The summed E-state index contributed by atoms with van der Waals surface area (Å²) in [5.74, 6) is -9.07. The Kier molecular flexibility index (Phi) is 23.2.